The van der Waals surface area contributed by atoms with Gasteiger partial charge in [-0.3, -0.25) is 4.79 Å². The van der Waals surface area contributed by atoms with Gasteiger partial charge in [-0.2, -0.15) is 0 Å². The quantitative estimate of drug-likeness (QED) is 0.768. The number of carbonyl (C=O) groups is 1. The largest absolute Gasteiger partial charge is 0.469 e. The van der Waals surface area contributed by atoms with Gasteiger partial charge in [-0.1, -0.05) is 0 Å². The first-order valence-electron chi connectivity index (χ1n) is 5.82. The summed E-state index contributed by atoms with van der Waals surface area (Å²) in [5.74, 6) is 1.56. The van der Waals surface area contributed by atoms with E-state index in [2.05, 4.69) is 5.32 Å². The number of fused-ring (bicyclic) bond motifs is 1. The van der Waals surface area contributed by atoms with Crippen LogP contribution in [-0.4, -0.2) is 36.5 Å². The summed E-state index contributed by atoms with van der Waals surface area (Å²) in [7, 11) is 0. The van der Waals surface area contributed by atoms with E-state index in [0.29, 0.717) is 17.5 Å². The van der Waals surface area contributed by atoms with Gasteiger partial charge >= 0.3 is 0 Å². The Kier molecular flexibility index (Phi) is 2.24. The molecule has 86 valence electrons. The van der Waals surface area contributed by atoms with Gasteiger partial charge < -0.3 is 14.6 Å². The predicted octanol–water partition coefficient (Wildman–Crippen LogP) is 1.02. The molecule has 2 aliphatic heterocycles. The van der Waals surface area contributed by atoms with Crippen molar-refractivity contribution in [2.75, 3.05) is 19.6 Å². The molecule has 0 spiro atoms. The molecule has 0 aromatic carbocycles. The minimum Gasteiger partial charge on any atom is -0.469 e. The molecule has 4 nitrogen and oxygen atoms in total. The number of aryl methyl sites for hydroxylation is 1. The first kappa shape index (κ1) is 9.90. The van der Waals surface area contributed by atoms with Crippen molar-refractivity contribution in [2.24, 2.45) is 5.92 Å². The second-order valence-corrected chi connectivity index (χ2v) is 4.72. The van der Waals surface area contributed by atoms with Crippen molar-refractivity contribution in [3.8, 4) is 0 Å². The highest BCUT2D eigenvalue weighted by Gasteiger charge is 2.40. The van der Waals surface area contributed by atoms with Crippen LogP contribution in [0.4, 0.5) is 0 Å². The number of nitrogens with one attached hydrogen (secondary N) is 1. The molecule has 1 aromatic rings. The number of amides is 1. The number of likely N-dealkylation sites (tertiary alicyclic amines) is 1. The van der Waals surface area contributed by atoms with Crippen molar-refractivity contribution in [3.63, 3.8) is 0 Å². The van der Waals surface area contributed by atoms with Crippen molar-refractivity contribution < 1.29 is 9.21 Å². The molecule has 1 amide bonds. The monoisotopic (exact) mass is 220 g/mol. The molecule has 0 unspecified atom stereocenters. The lowest BCUT2D eigenvalue weighted by molar-refractivity contribution is 0.0736. The van der Waals surface area contributed by atoms with Gasteiger partial charge in [0.05, 0.1) is 5.56 Å². The lowest BCUT2D eigenvalue weighted by Gasteiger charge is -2.22. The van der Waals surface area contributed by atoms with Crippen LogP contribution in [0.5, 0.6) is 0 Å². The molecule has 1 N–H and O–H groups in total. The minimum atomic E-state index is 0.119. The number of hydrogen-bond acceptors (Lipinski definition) is 3. The fourth-order valence-electron chi connectivity index (χ4n) is 2.82. The Morgan fingerprint density at radius 2 is 2.44 bits per heavy atom. The van der Waals surface area contributed by atoms with E-state index in [1.165, 1.54) is 0 Å². The molecule has 0 radical (unpaired) electrons. The summed E-state index contributed by atoms with van der Waals surface area (Å²) in [6, 6.07) is 2.21. The molecule has 0 saturated carbocycles. The smallest absolute Gasteiger partial charge is 0.257 e. The lowest BCUT2D eigenvalue weighted by atomic mass is 10.1. The maximum absolute atomic E-state index is 12.2. The standard InChI is InChI=1S/C12H16N2O2/c1-8-4-10(7-16-8)12(15)14-3-2-9-5-13-6-11(9)14/h4,7,9,11,13H,2-3,5-6H2,1H3/t9-,11+/m0/s1. The molecule has 2 fully saturated rings. The number of carbonyl (C=O) groups excluding carboxylic acids is 1. The number of hydrogen-bond donors (Lipinski definition) is 1. The van der Waals surface area contributed by atoms with Crippen molar-refractivity contribution >= 4 is 5.91 Å². The summed E-state index contributed by atoms with van der Waals surface area (Å²) in [5, 5.41) is 3.35. The van der Waals surface area contributed by atoms with Crippen LogP contribution in [0.15, 0.2) is 16.7 Å². The summed E-state index contributed by atoms with van der Waals surface area (Å²) in [6.07, 6.45) is 2.69. The second kappa shape index (κ2) is 3.63. The van der Waals surface area contributed by atoms with Gasteiger partial charge in [0, 0.05) is 25.7 Å². The third-order valence-corrected chi connectivity index (χ3v) is 3.68. The van der Waals surface area contributed by atoms with Gasteiger partial charge in [0.1, 0.15) is 12.0 Å². The molecule has 0 bridgehead atoms. The molecule has 4 heteroatoms. The van der Waals surface area contributed by atoms with Crippen LogP contribution in [0.1, 0.15) is 22.5 Å². The van der Waals surface area contributed by atoms with E-state index in [1.807, 2.05) is 17.9 Å². The highest BCUT2D eigenvalue weighted by Crippen LogP contribution is 2.28. The maximum atomic E-state index is 12.2. The minimum absolute atomic E-state index is 0.119. The Balaban J connectivity index is 1.80. The topological polar surface area (TPSA) is 45.5 Å². The average molecular weight is 220 g/mol. The summed E-state index contributed by atoms with van der Waals surface area (Å²) in [6.45, 7) is 4.74. The van der Waals surface area contributed by atoms with E-state index in [0.717, 1.165) is 31.8 Å². The lowest BCUT2D eigenvalue weighted by Crippen LogP contribution is -2.38. The van der Waals surface area contributed by atoms with Gasteiger partial charge in [0.2, 0.25) is 0 Å². The number of furan rings is 1. The zero-order valence-electron chi connectivity index (χ0n) is 9.40. The van der Waals surface area contributed by atoms with Crippen LogP contribution in [0.3, 0.4) is 0 Å². The second-order valence-electron chi connectivity index (χ2n) is 4.72. The van der Waals surface area contributed by atoms with Crippen molar-refractivity contribution in [1.82, 2.24) is 10.2 Å². The molecule has 0 aliphatic carbocycles. The fraction of sp³-hybridized carbons (Fsp3) is 0.583. The van der Waals surface area contributed by atoms with Crippen LogP contribution in [0, 0.1) is 12.8 Å². The Morgan fingerprint density at radius 3 is 3.19 bits per heavy atom. The van der Waals surface area contributed by atoms with E-state index in [-0.39, 0.29) is 5.91 Å². The average Bonchev–Trinajstić information content (AvgIpc) is 2.90. The van der Waals surface area contributed by atoms with Gasteiger partial charge in [-0.15, -0.1) is 0 Å². The third kappa shape index (κ3) is 1.45. The molecular formula is C12H16N2O2. The Bertz CT molecular complexity index is 413. The molecule has 1 aromatic heterocycles. The molecule has 2 saturated heterocycles. The first-order chi connectivity index (χ1) is 7.75. The summed E-state index contributed by atoms with van der Waals surface area (Å²) >= 11 is 0. The van der Waals surface area contributed by atoms with E-state index in [1.54, 1.807) is 6.26 Å². The van der Waals surface area contributed by atoms with Crippen molar-refractivity contribution in [2.45, 2.75) is 19.4 Å². The van der Waals surface area contributed by atoms with Crippen molar-refractivity contribution in [1.29, 1.82) is 0 Å². The summed E-state index contributed by atoms with van der Waals surface area (Å²) in [5.41, 5.74) is 0.685. The van der Waals surface area contributed by atoms with E-state index in [4.69, 9.17) is 4.42 Å². The van der Waals surface area contributed by atoms with E-state index < -0.39 is 0 Å². The van der Waals surface area contributed by atoms with Gasteiger partial charge in [0.15, 0.2) is 0 Å². The van der Waals surface area contributed by atoms with Crippen LogP contribution in [-0.2, 0) is 0 Å². The number of nitrogens with zero attached hydrogens (tertiary/aromatic N) is 1. The zero-order valence-corrected chi connectivity index (χ0v) is 9.40. The SMILES string of the molecule is Cc1cc(C(=O)N2CC[C@H]3CNC[C@H]32)co1. The molecule has 3 rings (SSSR count). The molecule has 16 heavy (non-hydrogen) atoms. The first-order valence-corrected chi connectivity index (χ1v) is 5.82. The maximum Gasteiger partial charge on any atom is 0.257 e. The Morgan fingerprint density at radius 1 is 1.56 bits per heavy atom. The normalized spacial score (nSPS) is 28.4. The van der Waals surface area contributed by atoms with Crippen LogP contribution < -0.4 is 5.32 Å². The van der Waals surface area contributed by atoms with Crippen LogP contribution >= 0.6 is 0 Å². The zero-order chi connectivity index (χ0) is 11.1. The predicted molar refractivity (Wildman–Crippen MR) is 59.2 cm³/mol. The summed E-state index contributed by atoms with van der Waals surface area (Å²) in [4.78, 5) is 14.2. The van der Waals surface area contributed by atoms with Gasteiger partial charge in [-0.25, -0.2) is 0 Å². The van der Waals surface area contributed by atoms with Crippen LogP contribution in [0.25, 0.3) is 0 Å². The van der Waals surface area contributed by atoms with Crippen LogP contribution in [0.2, 0.25) is 0 Å². The van der Waals surface area contributed by atoms with E-state index in [9.17, 15) is 4.79 Å². The number of rotatable bonds is 1. The molecule has 2 aliphatic rings. The Hall–Kier alpha value is -1.29. The molecule has 3 heterocycles. The molecular weight excluding hydrogens is 204 g/mol. The molecule has 2 atom stereocenters. The van der Waals surface area contributed by atoms with Crippen molar-refractivity contribution in [3.05, 3.63) is 23.7 Å². The highest BCUT2D eigenvalue weighted by molar-refractivity contribution is 5.94. The highest BCUT2D eigenvalue weighted by atomic mass is 16.3. The fourth-order valence-corrected chi connectivity index (χ4v) is 2.82. The van der Waals surface area contributed by atoms with Gasteiger partial charge in [0.25, 0.3) is 5.91 Å². The third-order valence-electron chi connectivity index (χ3n) is 3.68. The van der Waals surface area contributed by atoms with E-state index >= 15 is 0 Å². The van der Waals surface area contributed by atoms with Gasteiger partial charge in [-0.05, 0) is 25.3 Å². The Labute approximate surface area is 94.6 Å². The summed E-state index contributed by atoms with van der Waals surface area (Å²) < 4.78 is 5.19.